The Balaban J connectivity index is 0.00000196. The van der Waals surface area contributed by atoms with Crippen molar-refractivity contribution in [1.82, 2.24) is 4.90 Å². The van der Waals surface area contributed by atoms with Crippen LogP contribution in [0.3, 0.4) is 0 Å². The van der Waals surface area contributed by atoms with Gasteiger partial charge in [-0.05, 0) is 38.8 Å². The van der Waals surface area contributed by atoms with E-state index < -0.39 is 0 Å². The summed E-state index contributed by atoms with van der Waals surface area (Å²) in [6.45, 7) is 7.35. The molecule has 0 bridgehead atoms. The summed E-state index contributed by atoms with van der Waals surface area (Å²) >= 11 is 0. The van der Waals surface area contributed by atoms with Crippen molar-refractivity contribution in [2.75, 3.05) is 13.1 Å². The van der Waals surface area contributed by atoms with Crippen LogP contribution in [0.25, 0.3) is 0 Å². The molecule has 2 heteroatoms. The van der Waals surface area contributed by atoms with E-state index in [0.29, 0.717) is 0 Å². The van der Waals surface area contributed by atoms with E-state index in [-0.39, 0.29) is 12.4 Å². The summed E-state index contributed by atoms with van der Waals surface area (Å²) < 4.78 is 0. The molecule has 0 amide bonds. The average molecular weight is 234 g/mol. The first kappa shape index (κ1) is 15.2. The third-order valence-electron chi connectivity index (χ3n) is 3.52. The van der Waals surface area contributed by atoms with Crippen molar-refractivity contribution in [3.8, 4) is 0 Å². The summed E-state index contributed by atoms with van der Waals surface area (Å²) in [5, 5.41) is 0. The molecule has 1 saturated heterocycles. The summed E-state index contributed by atoms with van der Waals surface area (Å²) in [4.78, 5) is 2.71. The predicted molar refractivity (Wildman–Crippen MR) is 70.9 cm³/mol. The van der Waals surface area contributed by atoms with Gasteiger partial charge in [0, 0.05) is 6.04 Å². The maximum atomic E-state index is 2.71. The average Bonchev–Trinajstić information content (AvgIpc) is 2.65. The lowest BCUT2D eigenvalue weighted by atomic mass is 10.1. The van der Waals surface area contributed by atoms with Crippen molar-refractivity contribution < 1.29 is 0 Å². The van der Waals surface area contributed by atoms with E-state index in [2.05, 4.69) is 18.7 Å². The van der Waals surface area contributed by atoms with Gasteiger partial charge >= 0.3 is 0 Å². The van der Waals surface area contributed by atoms with Crippen LogP contribution in [0.4, 0.5) is 0 Å². The molecule has 0 aromatic heterocycles. The Morgan fingerprint density at radius 1 is 1.07 bits per heavy atom. The first-order valence-electron chi connectivity index (χ1n) is 6.62. The molecule has 1 fully saturated rings. The third kappa shape index (κ3) is 5.77. The molecule has 0 spiro atoms. The SMILES string of the molecule is CCCCCCCN1CCCC1CC.Cl. The monoisotopic (exact) mass is 233 g/mol. The van der Waals surface area contributed by atoms with Crippen molar-refractivity contribution in [3.05, 3.63) is 0 Å². The smallest absolute Gasteiger partial charge is 0.00931 e. The van der Waals surface area contributed by atoms with Gasteiger partial charge in [-0.15, -0.1) is 12.4 Å². The topological polar surface area (TPSA) is 3.24 Å². The highest BCUT2D eigenvalue weighted by atomic mass is 35.5. The third-order valence-corrected chi connectivity index (χ3v) is 3.52. The number of rotatable bonds is 7. The standard InChI is InChI=1S/C13H27N.ClH/c1-3-5-6-7-8-11-14-12-9-10-13(14)4-2;/h13H,3-12H2,1-2H3;1H. The molecule has 15 heavy (non-hydrogen) atoms. The Kier molecular flexibility index (Phi) is 9.63. The van der Waals surface area contributed by atoms with Gasteiger partial charge in [0.2, 0.25) is 0 Å². The lowest BCUT2D eigenvalue weighted by Gasteiger charge is -2.22. The second-order valence-electron chi connectivity index (χ2n) is 4.65. The molecule has 0 aliphatic carbocycles. The normalized spacial score (nSPS) is 21.6. The van der Waals surface area contributed by atoms with E-state index in [1.807, 2.05) is 0 Å². The summed E-state index contributed by atoms with van der Waals surface area (Å²) in [7, 11) is 0. The van der Waals surface area contributed by atoms with E-state index in [0.717, 1.165) is 6.04 Å². The van der Waals surface area contributed by atoms with Crippen LogP contribution in [0.15, 0.2) is 0 Å². The molecule has 1 nitrogen and oxygen atoms in total. The molecule has 0 saturated carbocycles. The van der Waals surface area contributed by atoms with Crippen LogP contribution in [-0.2, 0) is 0 Å². The summed E-state index contributed by atoms with van der Waals surface area (Å²) in [6.07, 6.45) is 11.4. The van der Waals surface area contributed by atoms with Crippen LogP contribution in [0.2, 0.25) is 0 Å². The fourth-order valence-corrected chi connectivity index (χ4v) is 2.57. The maximum Gasteiger partial charge on any atom is 0.00931 e. The number of hydrogen-bond donors (Lipinski definition) is 0. The van der Waals surface area contributed by atoms with E-state index >= 15 is 0 Å². The molecular formula is C13H28ClN. The Labute approximate surface area is 102 Å². The molecule has 0 aromatic rings. The number of nitrogens with zero attached hydrogens (tertiary/aromatic N) is 1. The van der Waals surface area contributed by atoms with Gasteiger partial charge in [0.15, 0.2) is 0 Å². The number of likely N-dealkylation sites (tertiary alicyclic amines) is 1. The summed E-state index contributed by atoms with van der Waals surface area (Å²) in [5.74, 6) is 0. The lowest BCUT2D eigenvalue weighted by molar-refractivity contribution is 0.242. The van der Waals surface area contributed by atoms with Crippen LogP contribution in [0.1, 0.15) is 65.2 Å². The molecule has 1 atom stereocenters. The molecule has 1 heterocycles. The second kappa shape index (κ2) is 9.47. The van der Waals surface area contributed by atoms with Crippen LogP contribution in [-0.4, -0.2) is 24.0 Å². The first-order chi connectivity index (χ1) is 6.88. The molecule has 1 aliphatic rings. The van der Waals surface area contributed by atoms with Crippen molar-refractivity contribution in [2.45, 2.75) is 71.3 Å². The summed E-state index contributed by atoms with van der Waals surface area (Å²) in [6, 6.07) is 0.918. The quantitative estimate of drug-likeness (QED) is 0.595. The van der Waals surface area contributed by atoms with Crippen LogP contribution >= 0.6 is 12.4 Å². The Bertz CT molecular complexity index is 138. The Morgan fingerprint density at radius 2 is 1.80 bits per heavy atom. The molecule has 1 aliphatic heterocycles. The number of unbranched alkanes of at least 4 members (excludes halogenated alkanes) is 4. The predicted octanol–water partition coefficient (Wildman–Crippen LogP) is 4.25. The summed E-state index contributed by atoms with van der Waals surface area (Å²) in [5.41, 5.74) is 0. The van der Waals surface area contributed by atoms with Gasteiger partial charge in [0.25, 0.3) is 0 Å². The van der Waals surface area contributed by atoms with Gasteiger partial charge in [-0.1, -0.05) is 39.5 Å². The largest absolute Gasteiger partial charge is 0.300 e. The minimum absolute atomic E-state index is 0. The fraction of sp³-hybridized carbons (Fsp3) is 1.00. The van der Waals surface area contributed by atoms with E-state index in [9.17, 15) is 0 Å². The zero-order valence-corrected chi connectivity index (χ0v) is 11.3. The lowest BCUT2D eigenvalue weighted by Crippen LogP contribution is -2.29. The van der Waals surface area contributed by atoms with Crippen molar-refractivity contribution in [1.29, 1.82) is 0 Å². The minimum Gasteiger partial charge on any atom is -0.300 e. The van der Waals surface area contributed by atoms with Crippen molar-refractivity contribution >= 4 is 12.4 Å². The van der Waals surface area contributed by atoms with Crippen molar-refractivity contribution in [3.63, 3.8) is 0 Å². The Hall–Kier alpha value is 0.250. The van der Waals surface area contributed by atoms with Crippen molar-refractivity contribution in [2.24, 2.45) is 0 Å². The number of hydrogen-bond acceptors (Lipinski definition) is 1. The van der Waals surface area contributed by atoms with Gasteiger partial charge < -0.3 is 4.90 Å². The minimum atomic E-state index is 0. The highest BCUT2D eigenvalue weighted by Gasteiger charge is 2.21. The van der Waals surface area contributed by atoms with Gasteiger partial charge in [-0.3, -0.25) is 0 Å². The highest BCUT2D eigenvalue weighted by molar-refractivity contribution is 5.85. The van der Waals surface area contributed by atoms with Gasteiger partial charge in [-0.2, -0.15) is 0 Å². The van der Waals surface area contributed by atoms with Crippen LogP contribution < -0.4 is 0 Å². The zero-order valence-electron chi connectivity index (χ0n) is 10.5. The fourth-order valence-electron chi connectivity index (χ4n) is 2.57. The molecule has 92 valence electrons. The highest BCUT2D eigenvalue weighted by Crippen LogP contribution is 2.20. The molecule has 0 N–H and O–H groups in total. The Morgan fingerprint density at radius 3 is 2.47 bits per heavy atom. The van der Waals surface area contributed by atoms with Gasteiger partial charge in [0.05, 0.1) is 0 Å². The van der Waals surface area contributed by atoms with E-state index in [4.69, 9.17) is 0 Å². The molecule has 1 unspecified atom stereocenters. The maximum absolute atomic E-state index is 2.71. The second-order valence-corrected chi connectivity index (χ2v) is 4.65. The molecule has 1 rings (SSSR count). The van der Waals surface area contributed by atoms with E-state index in [1.165, 1.54) is 64.5 Å². The van der Waals surface area contributed by atoms with Gasteiger partial charge in [-0.25, -0.2) is 0 Å². The first-order valence-corrected chi connectivity index (χ1v) is 6.62. The number of halogens is 1. The van der Waals surface area contributed by atoms with Gasteiger partial charge in [0.1, 0.15) is 0 Å². The van der Waals surface area contributed by atoms with Crippen LogP contribution in [0.5, 0.6) is 0 Å². The van der Waals surface area contributed by atoms with Crippen LogP contribution in [0, 0.1) is 0 Å². The molecular weight excluding hydrogens is 206 g/mol. The van der Waals surface area contributed by atoms with E-state index in [1.54, 1.807) is 0 Å². The zero-order chi connectivity index (χ0) is 10.2. The molecule has 0 aromatic carbocycles. The molecule has 0 radical (unpaired) electrons.